The van der Waals surface area contributed by atoms with Crippen molar-refractivity contribution in [1.82, 2.24) is 0 Å². The second-order valence-corrected chi connectivity index (χ2v) is 21.5. The lowest BCUT2D eigenvalue weighted by atomic mass is 9.64. The summed E-state index contributed by atoms with van der Waals surface area (Å²) in [6.45, 7) is 14.1. The van der Waals surface area contributed by atoms with Crippen LogP contribution >= 0.6 is 0 Å². The predicted octanol–water partition coefficient (Wildman–Crippen LogP) is 17.1. The summed E-state index contributed by atoms with van der Waals surface area (Å²) in [7, 11) is 0. The fourth-order valence-corrected chi connectivity index (χ4v) is 13.0. The molecule has 0 bridgehead atoms. The van der Waals surface area contributed by atoms with Gasteiger partial charge in [0.25, 0.3) is 0 Å². The maximum Gasteiger partial charge on any atom is 0.140 e. The third-order valence-electron chi connectivity index (χ3n) is 16.1. The average Bonchev–Trinajstić information content (AvgIpc) is 3.93. The van der Waals surface area contributed by atoms with Gasteiger partial charge in [-0.25, -0.2) is 0 Å². The fraction of sp³-hybridized carbons (Fsp3) is 0.152. The van der Waals surface area contributed by atoms with Crippen molar-refractivity contribution < 1.29 is 4.74 Å². The Labute approximate surface area is 393 Å². The quantitative estimate of drug-likeness (QED) is 0.160. The highest BCUT2D eigenvalue weighted by molar-refractivity contribution is 6.06. The smallest absolute Gasteiger partial charge is 0.140 e. The van der Waals surface area contributed by atoms with E-state index in [4.69, 9.17) is 4.74 Å². The maximum atomic E-state index is 7.46. The van der Waals surface area contributed by atoms with Crippen molar-refractivity contribution in [3.63, 3.8) is 0 Å². The fourth-order valence-electron chi connectivity index (χ4n) is 13.0. The molecular weight excluding hydrogens is 809 g/mol. The predicted molar refractivity (Wildman–Crippen MR) is 278 cm³/mol. The first-order valence-electron chi connectivity index (χ1n) is 24.0. The second-order valence-electron chi connectivity index (χ2n) is 21.5. The van der Waals surface area contributed by atoms with E-state index in [0.717, 1.165) is 22.3 Å². The van der Waals surface area contributed by atoms with Crippen LogP contribution in [-0.2, 0) is 21.7 Å². The van der Waals surface area contributed by atoms with Crippen molar-refractivity contribution in [1.29, 1.82) is 0 Å². The molecule has 0 radical (unpaired) electrons. The van der Waals surface area contributed by atoms with Gasteiger partial charge in [0.15, 0.2) is 0 Å². The van der Waals surface area contributed by atoms with Crippen LogP contribution in [0.3, 0.4) is 0 Å². The molecular formula is C66H50O. The van der Waals surface area contributed by atoms with Gasteiger partial charge in [-0.2, -0.15) is 0 Å². The minimum atomic E-state index is -0.622. The standard InChI is InChI=1S/C66H50O/c1-63(2,3)41-29-32-49-50-33-30-42(64(4,5)6)37-59(50)66(58(49)36-41)55-26-16-13-22-47(55)48-31-27-40(35-57(48)66)52-38-60-62(51-23-10-9-19-44(51)52)67-61-43-18-8-7-17-39(43)28-34-56(61)65(60)53-24-14-11-20-45(53)46-21-12-15-25-54(46)65/h7-38H,1-6H3. The Morgan fingerprint density at radius 3 is 1.30 bits per heavy atom. The van der Waals surface area contributed by atoms with Crippen LogP contribution in [0, 0.1) is 0 Å². The maximum absolute atomic E-state index is 7.46. The summed E-state index contributed by atoms with van der Waals surface area (Å²) in [5.41, 5.74) is 22.2. The first-order valence-corrected chi connectivity index (χ1v) is 24.0. The molecule has 3 aliphatic carbocycles. The molecule has 0 N–H and O–H groups in total. The molecule has 67 heavy (non-hydrogen) atoms. The van der Waals surface area contributed by atoms with Crippen molar-refractivity contribution in [3.05, 3.63) is 250 Å². The summed E-state index contributed by atoms with van der Waals surface area (Å²) in [5, 5.41) is 4.61. The molecule has 4 aliphatic rings. The molecule has 0 unspecified atom stereocenters. The minimum Gasteiger partial charge on any atom is -0.455 e. The molecule has 1 aliphatic heterocycles. The van der Waals surface area contributed by atoms with Gasteiger partial charge in [-0.15, -0.1) is 0 Å². The average molecular weight is 859 g/mol. The highest BCUT2D eigenvalue weighted by atomic mass is 16.5. The lowest BCUT2D eigenvalue weighted by molar-refractivity contribution is 0.447. The second kappa shape index (κ2) is 13.1. The Morgan fingerprint density at radius 1 is 0.299 bits per heavy atom. The number of benzene rings is 10. The molecule has 0 fully saturated rings. The Kier molecular flexibility index (Phi) is 7.58. The molecule has 10 aromatic rings. The highest BCUT2D eigenvalue weighted by Crippen LogP contribution is 2.66. The summed E-state index contributed by atoms with van der Waals surface area (Å²) in [4.78, 5) is 0. The van der Waals surface area contributed by atoms with Crippen LogP contribution < -0.4 is 4.74 Å². The molecule has 0 aromatic heterocycles. The van der Waals surface area contributed by atoms with E-state index in [1.165, 1.54) is 111 Å². The van der Waals surface area contributed by atoms with Gasteiger partial charge in [-0.3, -0.25) is 0 Å². The first kappa shape index (κ1) is 38.8. The number of ether oxygens (including phenoxy) is 1. The summed E-state index contributed by atoms with van der Waals surface area (Å²) >= 11 is 0. The van der Waals surface area contributed by atoms with Crippen LogP contribution in [0.4, 0.5) is 0 Å². The van der Waals surface area contributed by atoms with Crippen LogP contribution in [0.15, 0.2) is 194 Å². The monoisotopic (exact) mass is 858 g/mol. The molecule has 1 heteroatoms. The Balaban J connectivity index is 1.10. The van der Waals surface area contributed by atoms with Gasteiger partial charge < -0.3 is 4.74 Å². The van der Waals surface area contributed by atoms with E-state index in [9.17, 15) is 0 Å². The van der Waals surface area contributed by atoms with Gasteiger partial charge in [-0.1, -0.05) is 224 Å². The lowest BCUT2D eigenvalue weighted by Crippen LogP contribution is -2.32. The van der Waals surface area contributed by atoms with Crippen molar-refractivity contribution in [2.45, 2.75) is 63.2 Å². The third kappa shape index (κ3) is 4.89. The normalized spacial score (nSPS) is 15.1. The van der Waals surface area contributed by atoms with E-state index in [0.29, 0.717) is 0 Å². The van der Waals surface area contributed by atoms with Gasteiger partial charge in [0.05, 0.1) is 10.8 Å². The van der Waals surface area contributed by atoms with Gasteiger partial charge in [-0.05, 0) is 123 Å². The van der Waals surface area contributed by atoms with E-state index in [-0.39, 0.29) is 10.8 Å². The van der Waals surface area contributed by atoms with Crippen LogP contribution in [-0.4, -0.2) is 0 Å². The van der Waals surface area contributed by atoms with Crippen LogP contribution in [0.5, 0.6) is 11.5 Å². The van der Waals surface area contributed by atoms with Crippen molar-refractivity contribution in [2.75, 3.05) is 0 Å². The van der Waals surface area contributed by atoms with E-state index in [2.05, 4.69) is 236 Å². The molecule has 0 atom stereocenters. The largest absolute Gasteiger partial charge is 0.455 e. The molecule has 14 rings (SSSR count). The van der Waals surface area contributed by atoms with E-state index < -0.39 is 10.8 Å². The molecule has 0 amide bonds. The minimum absolute atomic E-state index is 0.0210. The Hall–Kier alpha value is -7.48. The number of hydrogen-bond acceptors (Lipinski definition) is 1. The van der Waals surface area contributed by atoms with Crippen LogP contribution in [0.1, 0.15) is 97.2 Å². The zero-order chi connectivity index (χ0) is 45.2. The van der Waals surface area contributed by atoms with Gasteiger partial charge in [0.1, 0.15) is 11.5 Å². The van der Waals surface area contributed by atoms with Crippen molar-refractivity contribution in [3.8, 4) is 56.0 Å². The van der Waals surface area contributed by atoms with Crippen molar-refractivity contribution in [2.24, 2.45) is 0 Å². The van der Waals surface area contributed by atoms with Gasteiger partial charge >= 0.3 is 0 Å². The van der Waals surface area contributed by atoms with Crippen molar-refractivity contribution >= 4 is 21.5 Å². The first-order chi connectivity index (χ1) is 32.5. The van der Waals surface area contributed by atoms with E-state index >= 15 is 0 Å². The molecule has 10 aromatic carbocycles. The molecule has 0 saturated carbocycles. The van der Waals surface area contributed by atoms with Gasteiger partial charge in [0, 0.05) is 21.9 Å². The molecule has 1 heterocycles. The summed E-state index contributed by atoms with van der Waals surface area (Å²) < 4.78 is 7.46. The van der Waals surface area contributed by atoms with Gasteiger partial charge in [0.2, 0.25) is 0 Å². The Morgan fingerprint density at radius 2 is 0.731 bits per heavy atom. The highest BCUT2D eigenvalue weighted by Gasteiger charge is 2.54. The third-order valence-corrected chi connectivity index (χ3v) is 16.1. The number of rotatable bonds is 1. The molecule has 320 valence electrons. The summed E-state index contributed by atoms with van der Waals surface area (Å²) in [5.74, 6) is 1.87. The molecule has 2 spiro atoms. The molecule has 1 nitrogen and oxygen atoms in total. The lowest BCUT2D eigenvalue weighted by Gasteiger charge is -2.40. The molecule has 0 saturated heterocycles. The van der Waals surface area contributed by atoms with E-state index in [1.807, 2.05) is 0 Å². The van der Waals surface area contributed by atoms with E-state index in [1.54, 1.807) is 0 Å². The zero-order valence-corrected chi connectivity index (χ0v) is 38.9. The van der Waals surface area contributed by atoms with Crippen LogP contribution in [0.25, 0.3) is 66.1 Å². The van der Waals surface area contributed by atoms with Crippen LogP contribution in [0.2, 0.25) is 0 Å². The topological polar surface area (TPSA) is 9.23 Å². The number of hydrogen-bond donors (Lipinski definition) is 0. The zero-order valence-electron chi connectivity index (χ0n) is 38.9. The Bertz CT molecular complexity index is 3700. The summed E-state index contributed by atoms with van der Waals surface area (Å²) in [6.07, 6.45) is 0. The SMILES string of the molecule is CC(C)(C)c1ccc2c(c1)C1(c3ccccc3-c3ccc(-c4cc5c(c6ccccc46)Oc4c(ccc6ccccc46)C54c5ccccc5-c5ccccc54)cc31)c1cc(C(C)(C)C)ccc1-2. The summed E-state index contributed by atoms with van der Waals surface area (Å²) in [6, 6.07) is 74.3. The number of fused-ring (bicyclic) bond motifs is 23.